The van der Waals surface area contributed by atoms with Crippen LogP contribution in [0.5, 0.6) is 5.75 Å². The average molecular weight is 552 g/mol. The number of amides is 2. The monoisotopic (exact) mass is 551 g/mol. The maximum Gasteiger partial charge on any atom is 0.338 e. The highest BCUT2D eigenvalue weighted by Crippen LogP contribution is 2.29. The Morgan fingerprint density at radius 2 is 1.76 bits per heavy atom. The van der Waals surface area contributed by atoms with Crippen molar-refractivity contribution in [2.24, 2.45) is 0 Å². The van der Waals surface area contributed by atoms with E-state index in [1.54, 1.807) is 66.8 Å². The minimum Gasteiger partial charge on any atom is -0.494 e. The van der Waals surface area contributed by atoms with E-state index in [2.05, 4.69) is 5.32 Å². The Labute approximate surface area is 231 Å². The minimum atomic E-state index is -0.755. The Morgan fingerprint density at radius 3 is 2.39 bits per heavy atom. The molecular weight excluding hydrogens is 522 g/mol. The number of nitrogens with one attached hydrogen (secondary N) is 1. The first kappa shape index (κ1) is 27.3. The molecule has 10 heteroatoms. The number of hydrogen-bond donors (Lipinski definition) is 1. The van der Waals surface area contributed by atoms with E-state index >= 15 is 0 Å². The summed E-state index contributed by atoms with van der Waals surface area (Å²) in [5.74, 6) is -0.301. The first-order chi connectivity index (χ1) is 18.4. The van der Waals surface area contributed by atoms with Crippen molar-refractivity contribution < 1.29 is 23.9 Å². The molecule has 0 radical (unpaired) electrons. The van der Waals surface area contributed by atoms with Crippen LogP contribution in [0.1, 0.15) is 35.5 Å². The fraction of sp³-hybridized carbons (Fsp3) is 0.286. The van der Waals surface area contributed by atoms with Gasteiger partial charge in [0.05, 0.1) is 30.9 Å². The van der Waals surface area contributed by atoms with E-state index in [9.17, 15) is 14.4 Å². The predicted octanol–water partition coefficient (Wildman–Crippen LogP) is 4.90. The van der Waals surface area contributed by atoms with Crippen molar-refractivity contribution in [3.63, 3.8) is 0 Å². The molecule has 2 heterocycles. The molecule has 38 heavy (non-hydrogen) atoms. The molecule has 1 aliphatic heterocycles. The third kappa shape index (κ3) is 6.38. The number of nitrogens with zero attached hydrogens (tertiary/aromatic N) is 2. The van der Waals surface area contributed by atoms with Crippen molar-refractivity contribution in [3.05, 3.63) is 76.5 Å². The van der Waals surface area contributed by atoms with Crippen molar-refractivity contribution in [2.45, 2.75) is 32.7 Å². The molecule has 1 saturated heterocycles. The van der Waals surface area contributed by atoms with Crippen molar-refractivity contribution in [2.75, 3.05) is 30.0 Å². The van der Waals surface area contributed by atoms with Crippen LogP contribution < -0.4 is 15.0 Å². The Morgan fingerprint density at radius 1 is 1.03 bits per heavy atom. The smallest absolute Gasteiger partial charge is 0.338 e. The van der Waals surface area contributed by atoms with Gasteiger partial charge in [0, 0.05) is 17.1 Å². The summed E-state index contributed by atoms with van der Waals surface area (Å²) in [5, 5.41) is 5.20. The summed E-state index contributed by atoms with van der Waals surface area (Å²) in [7, 11) is 0. The van der Waals surface area contributed by atoms with Gasteiger partial charge in [-0.2, -0.15) is 0 Å². The Balaban J connectivity index is 1.52. The fourth-order valence-corrected chi connectivity index (χ4v) is 5.27. The summed E-state index contributed by atoms with van der Waals surface area (Å²) in [6.45, 7) is 4.96. The quantitative estimate of drug-likeness (QED) is 0.268. The lowest BCUT2D eigenvalue weighted by Crippen LogP contribution is -2.39. The molecule has 1 aliphatic rings. The number of benzene rings is 2. The topological polar surface area (TPSA) is 88.2 Å². The number of carbonyl (C=O) groups is 3. The Kier molecular flexibility index (Phi) is 9.09. The lowest BCUT2D eigenvalue weighted by molar-refractivity contribution is -0.124. The van der Waals surface area contributed by atoms with Crippen molar-refractivity contribution in [3.8, 4) is 5.75 Å². The highest BCUT2D eigenvalue weighted by atomic mass is 32.1. The number of thiocarbonyl (C=S) groups is 1. The van der Waals surface area contributed by atoms with E-state index in [-0.39, 0.29) is 24.8 Å². The summed E-state index contributed by atoms with van der Waals surface area (Å²) >= 11 is 7.37. The summed E-state index contributed by atoms with van der Waals surface area (Å²) < 4.78 is 10.5. The van der Waals surface area contributed by atoms with Crippen LogP contribution in [0, 0.1) is 0 Å². The van der Waals surface area contributed by atoms with Gasteiger partial charge in [0.1, 0.15) is 11.8 Å². The molecule has 0 saturated carbocycles. The second kappa shape index (κ2) is 12.7. The molecule has 0 bridgehead atoms. The SMILES string of the molecule is CCOC(=O)c1ccc(N2C(=O)[C@@H](CC(=O)Nc3ccc(OCC)cc3)N(CCc3cccs3)C2=S)cc1. The van der Waals surface area contributed by atoms with Gasteiger partial charge in [0.25, 0.3) is 5.91 Å². The molecule has 0 spiro atoms. The first-order valence-electron chi connectivity index (χ1n) is 12.4. The van der Waals surface area contributed by atoms with Gasteiger partial charge < -0.3 is 19.7 Å². The molecule has 198 valence electrons. The molecule has 8 nitrogen and oxygen atoms in total. The van der Waals surface area contributed by atoms with Crippen LogP contribution in [0.4, 0.5) is 11.4 Å². The normalized spacial score (nSPS) is 15.1. The second-order valence-corrected chi connectivity index (χ2v) is 9.87. The van der Waals surface area contributed by atoms with E-state index in [4.69, 9.17) is 21.7 Å². The van der Waals surface area contributed by atoms with Crippen LogP contribution in [0.3, 0.4) is 0 Å². The molecule has 1 N–H and O–H groups in total. The van der Waals surface area contributed by atoms with Crippen LogP contribution in [-0.4, -0.2) is 53.6 Å². The number of esters is 1. The van der Waals surface area contributed by atoms with Crippen LogP contribution >= 0.6 is 23.6 Å². The zero-order valence-electron chi connectivity index (χ0n) is 21.2. The molecule has 0 aliphatic carbocycles. The zero-order chi connectivity index (χ0) is 27.1. The van der Waals surface area contributed by atoms with Crippen molar-refractivity contribution in [1.82, 2.24) is 4.90 Å². The Bertz CT molecular complexity index is 1280. The van der Waals surface area contributed by atoms with E-state index in [0.717, 1.165) is 4.88 Å². The predicted molar refractivity (Wildman–Crippen MR) is 152 cm³/mol. The number of carbonyl (C=O) groups excluding carboxylic acids is 3. The maximum atomic E-state index is 13.6. The highest BCUT2D eigenvalue weighted by Gasteiger charge is 2.44. The van der Waals surface area contributed by atoms with Gasteiger partial charge in [-0.1, -0.05) is 6.07 Å². The summed E-state index contributed by atoms with van der Waals surface area (Å²) in [6.07, 6.45) is 0.631. The third-order valence-corrected chi connectivity index (χ3v) is 7.32. The van der Waals surface area contributed by atoms with Crippen LogP contribution in [0.15, 0.2) is 66.0 Å². The molecular formula is C28H29N3O5S2. The van der Waals surface area contributed by atoms with Crippen molar-refractivity contribution >= 4 is 57.8 Å². The molecule has 3 aromatic rings. The molecule has 0 unspecified atom stereocenters. The number of thiophene rings is 1. The van der Waals surface area contributed by atoms with E-state index < -0.39 is 12.0 Å². The number of rotatable bonds is 11. The highest BCUT2D eigenvalue weighted by molar-refractivity contribution is 7.80. The van der Waals surface area contributed by atoms with E-state index in [1.807, 2.05) is 29.3 Å². The van der Waals surface area contributed by atoms with Gasteiger partial charge >= 0.3 is 5.97 Å². The van der Waals surface area contributed by atoms with Gasteiger partial charge in [-0.3, -0.25) is 14.5 Å². The number of anilines is 2. The fourth-order valence-electron chi connectivity index (χ4n) is 4.16. The first-order valence-corrected chi connectivity index (χ1v) is 13.7. The number of ether oxygens (including phenoxy) is 2. The summed E-state index contributed by atoms with van der Waals surface area (Å²) in [6, 6.07) is 16.9. The number of hydrogen-bond acceptors (Lipinski definition) is 7. The molecule has 4 rings (SSSR count). The van der Waals surface area contributed by atoms with Crippen LogP contribution in [0.2, 0.25) is 0 Å². The third-order valence-electron chi connectivity index (χ3n) is 5.96. The maximum absolute atomic E-state index is 13.6. The minimum absolute atomic E-state index is 0.0615. The second-order valence-electron chi connectivity index (χ2n) is 8.47. The van der Waals surface area contributed by atoms with Crippen molar-refractivity contribution in [1.29, 1.82) is 0 Å². The zero-order valence-corrected chi connectivity index (χ0v) is 22.8. The molecule has 1 fully saturated rings. The van der Waals surface area contributed by atoms with E-state index in [1.165, 1.54) is 4.90 Å². The van der Waals surface area contributed by atoms with Crippen LogP contribution in [-0.2, 0) is 20.7 Å². The van der Waals surface area contributed by atoms with Gasteiger partial charge in [-0.15, -0.1) is 11.3 Å². The standard InChI is InChI=1S/C28H29N3O5S2/c1-3-35-22-13-9-20(10-14-22)29-25(32)18-24-26(33)31(21-11-7-19(8-12-21)27(34)36-4-2)28(37)30(24)16-15-23-6-5-17-38-23/h5-14,17,24H,3-4,15-16,18H2,1-2H3,(H,29,32)/t24-/m1/s1. The largest absolute Gasteiger partial charge is 0.494 e. The van der Waals surface area contributed by atoms with Gasteiger partial charge in [-0.25, -0.2) is 4.79 Å². The van der Waals surface area contributed by atoms with Gasteiger partial charge in [0.2, 0.25) is 5.91 Å². The lowest BCUT2D eigenvalue weighted by Gasteiger charge is -2.23. The molecule has 2 amide bonds. The molecule has 1 aromatic heterocycles. The summed E-state index contributed by atoms with van der Waals surface area (Å²) in [5.41, 5.74) is 1.53. The van der Waals surface area contributed by atoms with Gasteiger partial charge in [-0.05, 0) is 92.5 Å². The Hall–Kier alpha value is -3.76. The van der Waals surface area contributed by atoms with E-state index in [0.29, 0.717) is 47.4 Å². The lowest BCUT2D eigenvalue weighted by atomic mass is 10.1. The van der Waals surface area contributed by atoms with Gasteiger partial charge in [0.15, 0.2) is 5.11 Å². The average Bonchev–Trinajstić information content (AvgIpc) is 3.51. The molecule has 2 aromatic carbocycles. The summed E-state index contributed by atoms with van der Waals surface area (Å²) in [4.78, 5) is 43.1. The van der Waals surface area contributed by atoms with Crippen LogP contribution in [0.25, 0.3) is 0 Å². The molecule has 1 atom stereocenters.